The van der Waals surface area contributed by atoms with Gasteiger partial charge in [-0.15, -0.1) is 0 Å². The zero-order valence-electron chi connectivity index (χ0n) is 7.66. The second-order valence-corrected chi connectivity index (χ2v) is 3.43. The molecule has 1 aromatic rings. The maximum Gasteiger partial charge on any atom is 0.336 e. The number of nitrogens with one attached hydrogen (secondary N) is 1. The lowest BCUT2D eigenvalue weighted by atomic mass is 10.3. The number of carbonyl (C=O) groups is 3. The highest BCUT2D eigenvalue weighted by atomic mass is 35.5. The Bertz CT molecular complexity index is 517. The van der Waals surface area contributed by atoms with Crippen LogP contribution in [0.15, 0.2) is 18.2 Å². The number of rotatable bonds is 1. The van der Waals surface area contributed by atoms with Gasteiger partial charge in [-0.1, -0.05) is 11.6 Å². The van der Waals surface area contributed by atoms with Gasteiger partial charge in [0.25, 0.3) is 0 Å². The Kier molecular flexibility index (Phi) is 2.35. The van der Waals surface area contributed by atoms with Gasteiger partial charge in [0.2, 0.25) is 0 Å². The Labute approximate surface area is 93.8 Å². The molecule has 7 heteroatoms. The van der Waals surface area contributed by atoms with Gasteiger partial charge in [-0.05, 0) is 18.2 Å². The van der Waals surface area contributed by atoms with Crippen molar-refractivity contribution in [3.05, 3.63) is 29.0 Å². The third-order valence-corrected chi connectivity index (χ3v) is 2.21. The molecule has 1 N–H and O–H groups in total. The number of carbonyl (C=O) groups excluding carboxylic acids is 3. The van der Waals surface area contributed by atoms with Gasteiger partial charge in [-0.2, -0.15) is 0 Å². The van der Waals surface area contributed by atoms with Crippen LogP contribution >= 0.6 is 11.6 Å². The first-order valence-corrected chi connectivity index (χ1v) is 4.53. The molecule has 2 rings (SSSR count). The largest absolute Gasteiger partial charge is 0.336 e. The van der Waals surface area contributed by atoms with Crippen LogP contribution in [0, 0.1) is 5.82 Å². The van der Waals surface area contributed by atoms with Crippen molar-refractivity contribution in [3.8, 4) is 0 Å². The molecule has 1 aliphatic heterocycles. The highest BCUT2D eigenvalue weighted by Gasteiger charge is 2.39. The standard InChI is InChI=1S/C9H4ClFN2O3/c10-4-1-2-5(11)6(3-4)13-8(15)7(14)12-9(13)16/h1-3H,(H,12,14,16). The molecule has 0 bridgehead atoms. The topological polar surface area (TPSA) is 66.5 Å². The first-order valence-electron chi connectivity index (χ1n) is 4.15. The molecule has 0 unspecified atom stereocenters. The first kappa shape index (κ1) is 10.6. The minimum Gasteiger partial charge on any atom is -0.269 e. The third kappa shape index (κ3) is 1.53. The molecule has 0 aliphatic carbocycles. The van der Waals surface area contributed by atoms with Crippen LogP contribution in [0.3, 0.4) is 0 Å². The number of nitrogens with zero attached hydrogens (tertiary/aromatic N) is 1. The highest BCUT2D eigenvalue weighted by Crippen LogP contribution is 2.25. The molecule has 1 saturated heterocycles. The quantitative estimate of drug-likeness (QED) is 0.592. The van der Waals surface area contributed by atoms with Gasteiger partial charge in [0.05, 0.1) is 5.69 Å². The van der Waals surface area contributed by atoms with Crippen molar-refractivity contribution in [2.24, 2.45) is 0 Å². The van der Waals surface area contributed by atoms with Gasteiger partial charge in [-0.25, -0.2) is 14.1 Å². The highest BCUT2D eigenvalue weighted by molar-refractivity contribution is 6.53. The molecule has 0 radical (unpaired) electrons. The second-order valence-electron chi connectivity index (χ2n) is 3.00. The Morgan fingerprint density at radius 1 is 1.25 bits per heavy atom. The van der Waals surface area contributed by atoms with Gasteiger partial charge >= 0.3 is 17.8 Å². The van der Waals surface area contributed by atoms with E-state index < -0.39 is 23.7 Å². The lowest BCUT2D eigenvalue weighted by Gasteiger charge is -2.12. The van der Waals surface area contributed by atoms with Crippen molar-refractivity contribution in [2.45, 2.75) is 0 Å². The van der Waals surface area contributed by atoms with Crippen LogP contribution in [0.5, 0.6) is 0 Å². The van der Waals surface area contributed by atoms with Crippen molar-refractivity contribution < 1.29 is 18.8 Å². The fraction of sp³-hybridized carbons (Fsp3) is 0. The van der Waals surface area contributed by atoms with Crippen molar-refractivity contribution >= 4 is 35.1 Å². The average molecular weight is 243 g/mol. The molecule has 1 heterocycles. The molecule has 0 aromatic heterocycles. The summed E-state index contributed by atoms with van der Waals surface area (Å²) in [6, 6.07) is 2.37. The van der Waals surface area contributed by atoms with E-state index in [2.05, 4.69) is 0 Å². The minimum atomic E-state index is -1.13. The van der Waals surface area contributed by atoms with E-state index >= 15 is 0 Å². The van der Waals surface area contributed by atoms with Crippen molar-refractivity contribution in [1.82, 2.24) is 5.32 Å². The van der Waals surface area contributed by atoms with Gasteiger partial charge in [0.1, 0.15) is 5.82 Å². The number of benzene rings is 1. The summed E-state index contributed by atoms with van der Waals surface area (Å²) < 4.78 is 13.4. The van der Waals surface area contributed by atoms with Gasteiger partial charge in [0, 0.05) is 5.02 Å². The predicted molar refractivity (Wildman–Crippen MR) is 52.4 cm³/mol. The summed E-state index contributed by atoms with van der Waals surface area (Å²) >= 11 is 5.61. The average Bonchev–Trinajstić information content (AvgIpc) is 2.46. The van der Waals surface area contributed by atoms with E-state index in [9.17, 15) is 18.8 Å². The molecule has 5 nitrogen and oxygen atoms in total. The molecule has 0 atom stereocenters. The van der Waals surface area contributed by atoms with E-state index in [1.807, 2.05) is 0 Å². The van der Waals surface area contributed by atoms with Crippen LogP contribution in [-0.2, 0) is 9.59 Å². The summed E-state index contributed by atoms with van der Waals surface area (Å²) in [6.07, 6.45) is 0. The van der Waals surface area contributed by atoms with Gasteiger partial charge in [-0.3, -0.25) is 14.9 Å². The van der Waals surface area contributed by atoms with Crippen LogP contribution in [0.25, 0.3) is 0 Å². The Morgan fingerprint density at radius 2 is 1.94 bits per heavy atom. The van der Waals surface area contributed by atoms with Crippen molar-refractivity contribution in [3.63, 3.8) is 0 Å². The van der Waals surface area contributed by atoms with Crippen LogP contribution in [0.2, 0.25) is 5.02 Å². The fourth-order valence-electron chi connectivity index (χ4n) is 1.28. The van der Waals surface area contributed by atoms with E-state index in [4.69, 9.17) is 11.6 Å². The zero-order valence-corrected chi connectivity index (χ0v) is 8.42. The van der Waals surface area contributed by atoms with Gasteiger partial charge < -0.3 is 0 Å². The van der Waals surface area contributed by atoms with Crippen LogP contribution in [0.1, 0.15) is 0 Å². The Balaban J connectivity index is 2.52. The molecular weight excluding hydrogens is 239 g/mol. The second kappa shape index (κ2) is 3.57. The molecule has 1 aromatic carbocycles. The zero-order chi connectivity index (χ0) is 11.9. The normalized spacial score (nSPS) is 15.6. The summed E-state index contributed by atoms with van der Waals surface area (Å²) in [7, 11) is 0. The van der Waals surface area contributed by atoms with Crippen LogP contribution < -0.4 is 10.2 Å². The SMILES string of the molecule is O=C1NC(=O)N(c2cc(Cl)ccc2F)C1=O. The smallest absolute Gasteiger partial charge is 0.269 e. The molecule has 1 aliphatic rings. The third-order valence-electron chi connectivity index (χ3n) is 1.97. The van der Waals surface area contributed by atoms with Gasteiger partial charge in [0.15, 0.2) is 0 Å². The van der Waals surface area contributed by atoms with Crippen molar-refractivity contribution in [2.75, 3.05) is 4.90 Å². The van der Waals surface area contributed by atoms with E-state index in [1.165, 1.54) is 6.07 Å². The molecule has 4 amide bonds. The maximum atomic E-state index is 13.4. The number of urea groups is 1. The number of anilines is 1. The monoisotopic (exact) mass is 242 g/mol. The summed E-state index contributed by atoms with van der Waals surface area (Å²) in [4.78, 5) is 33.8. The first-order chi connectivity index (χ1) is 7.50. The lowest BCUT2D eigenvalue weighted by molar-refractivity contribution is -0.134. The van der Waals surface area contributed by atoms with E-state index in [0.29, 0.717) is 4.90 Å². The number of hydrogen-bond donors (Lipinski definition) is 1. The number of hydrogen-bond acceptors (Lipinski definition) is 3. The van der Waals surface area contributed by atoms with E-state index in [1.54, 1.807) is 5.32 Å². The summed E-state index contributed by atoms with van der Waals surface area (Å²) in [5.41, 5.74) is -0.346. The Morgan fingerprint density at radius 3 is 2.50 bits per heavy atom. The number of halogens is 2. The summed E-state index contributed by atoms with van der Waals surface area (Å²) in [6.45, 7) is 0. The molecule has 16 heavy (non-hydrogen) atoms. The molecule has 82 valence electrons. The van der Waals surface area contributed by atoms with E-state index in [0.717, 1.165) is 12.1 Å². The summed E-state index contributed by atoms with van der Waals surface area (Å²) in [5.74, 6) is -3.04. The summed E-state index contributed by atoms with van der Waals surface area (Å²) in [5, 5.41) is 1.90. The molecule has 0 spiro atoms. The predicted octanol–water partition coefficient (Wildman–Crippen LogP) is 1.06. The van der Waals surface area contributed by atoms with Crippen LogP contribution in [0.4, 0.5) is 14.9 Å². The van der Waals surface area contributed by atoms with Crippen LogP contribution in [-0.4, -0.2) is 17.8 Å². The number of imide groups is 2. The minimum absolute atomic E-state index is 0.149. The lowest BCUT2D eigenvalue weighted by Crippen LogP contribution is -2.31. The maximum absolute atomic E-state index is 13.4. The van der Waals surface area contributed by atoms with E-state index in [-0.39, 0.29) is 10.7 Å². The van der Waals surface area contributed by atoms with Crippen molar-refractivity contribution in [1.29, 1.82) is 0 Å². The number of amides is 4. The molecule has 1 fully saturated rings. The molecular formula is C9H4ClFN2O3. The molecule has 0 saturated carbocycles. The fourth-order valence-corrected chi connectivity index (χ4v) is 1.44. The Hall–Kier alpha value is -1.95.